The van der Waals surface area contributed by atoms with Gasteiger partial charge in [-0.2, -0.15) is 0 Å². The molecular weight excluding hydrogens is 328 g/mol. The lowest BCUT2D eigenvalue weighted by Crippen LogP contribution is -2.27. The number of aliphatic hydroxyl groups excluding tert-OH is 1. The summed E-state index contributed by atoms with van der Waals surface area (Å²) in [7, 11) is 0. The van der Waals surface area contributed by atoms with Crippen molar-refractivity contribution in [3.63, 3.8) is 0 Å². The molecule has 0 bridgehead atoms. The van der Waals surface area contributed by atoms with E-state index in [4.69, 9.17) is 5.11 Å². The molecule has 2 rings (SSSR count). The minimum Gasteiger partial charge on any atom is -0.395 e. The molecule has 3 N–H and O–H groups in total. The number of benzene rings is 1. The van der Waals surface area contributed by atoms with Gasteiger partial charge in [0, 0.05) is 25.9 Å². The van der Waals surface area contributed by atoms with E-state index in [-0.39, 0.29) is 23.8 Å². The molecule has 1 heterocycles. The summed E-state index contributed by atoms with van der Waals surface area (Å²) in [6.45, 7) is 4.81. The fourth-order valence-corrected chi connectivity index (χ4v) is 3.52. The first-order valence-electron chi connectivity index (χ1n) is 6.22. The highest BCUT2D eigenvalue weighted by atomic mass is 79.9. The lowest BCUT2D eigenvalue weighted by molar-refractivity contribution is -0.117. The van der Waals surface area contributed by atoms with Crippen LogP contribution >= 0.6 is 27.7 Å². The van der Waals surface area contributed by atoms with Crippen LogP contribution in [0.5, 0.6) is 0 Å². The quantitative estimate of drug-likeness (QED) is 0.718. The molecular formula is C13H17BrN2O2S. The molecule has 1 aliphatic heterocycles. The average Bonchev–Trinajstić information content (AvgIpc) is 2.67. The van der Waals surface area contributed by atoms with Crippen molar-refractivity contribution in [3.8, 4) is 0 Å². The molecule has 2 atom stereocenters. The lowest BCUT2D eigenvalue weighted by atomic mass is 10.1. The van der Waals surface area contributed by atoms with Crippen LogP contribution in [0, 0.1) is 0 Å². The summed E-state index contributed by atoms with van der Waals surface area (Å²) >= 11 is 5.12. The third-order valence-electron chi connectivity index (χ3n) is 2.93. The van der Waals surface area contributed by atoms with E-state index in [0.29, 0.717) is 0 Å². The van der Waals surface area contributed by atoms with Crippen LogP contribution in [-0.4, -0.2) is 29.4 Å². The largest absolute Gasteiger partial charge is 0.395 e. The standard InChI is InChI=1S/C13H17BrN2O2S/c1-3-15-12-8-4-9(14)11(19-7(2)6-17)5-10(8)16-13(12)18/h4-5,7,12,15,17H,3,6H2,1-2H3,(H,16,18). The molecule has 2 unspecified atom stereocenters. The van der Waals surface area contributed by atoms with Crippen LogP contribution in [0.15, 0.2) is 21.5 Å². The SMILES string of the molecule is CCNC1C(=O)Nc2cc(SC(C)CO)c(Br)cc21. The second kappa shape index (κ2) is 6.26. The number of rotatable bonds is 5. The van der Waals surface area contributed by atoms with Crippen molar-refractivity contribution < 1.29 is 9.90 Å². The van der Waals surface area contributed by atoms with Gasteiger partial charge in [-0.05, 0) is 34.6 Å². The third-order valence-corrected chi connectivity index (χ3v) is 4.99. The van der Waals surface area contributed by atoms with Crippen molar-refractivity contribution in [2.24, 2.45) is 0 Å². The molecule has 0 radical (unpaired) electrons. The second-order valence-electron chi connectivity index (χ2n) is 4.46. The Morgan fingerprint density at radius 3 is 2.95 bits per heavy atom. The Hall–Kier alpha value is -0.560. The van der Waals surface area contributed by atoms with Crippen LogP contribution in [-0.2, 0) is 4.79 Å². The van der Waals surface area contributed by atoms with Crippen LogP contribution in [0.2, 0.25) is 0 Å². The molecule has 104 valence electrons. The Kier molecular flexibility index (Phi) is 4.89. The number of likely N-dealkylation sites (N-methyl/N-ethyl adjacent to an activating group) is 1. The van der Waals surface area contributed by atoms with E-state index in [1.54, 1.807) is 11.8 Å². The van der Waals surface area contributed by atoms with Gasteiger partial charge in [0.1, 0.15) is 6.04 Å². The Labute approximate surface area is 125 Å². The van der Waals surface area contributed by atoms with Gasteiger partial charge in [0.2, 0.25) is 5.91 Å². The molecule has 0 saturated heterocycles. The summed E-state index contributed by atoms with van der Waals surface area (Å²) in [5, 5.41) is 15.3. The van der Waals surface area contributed by atoms with Gasteiger partial charge >= 0.3 is 0 Å². The summed E-state index contributed by atoms with van der Waals surface area (Å²) in [5.41, 5.74) is 1.83. The number of fused-ring (bicyclic) bond motifs is 1. The highest BCUT2D eigenvalue weighted by Crippen LogP contribution is 2.40. The van der Waals surface area contributed by atoms with Crippen molar-refractivity contribution in [2.45, 2.75) is 30.0 Å². The van der Waals surface area contributed by atoms with Crippen LogP contribution < -0.4 is 10.6 Å². The van der Waals surface area contributed by atoms with Gasteiger partial charge in [0.05, 0.1) is 6.61 Å². The van der Waals surface area contributed by atoms with Gasteiger partial charge in [-0.15, -0.1) is 11.8 Å². The summed E-state index contributed by atoms with van der Waals surface area (Å²) in [6.07, 6.45) is 0. The van der Waals surface area contributed by atoms with Crippen molar-refractivity contribution >= 4 is 39.3 Å². The zero-order valence-electron chi connectivity index (χ0n) is 10.9. The van der Waals surface area contributed by atoms with Gasteiger partial charge in [0.25, 0.3) is 0 Å². The minimum absolute atomic E-state index is 0.0129. The molecule has 0 aliphatic carbocycles. The smallest absolute Gasteiger partial charge is 0.246 e. The number of hydrogen-bond acceptors (Lipinski definition) is 4. The molecule has 1 aliphatic rings. The van der Waals surface area contributed by atoms with Gasteiger partial charge in [-0.1, -0.05) is 13.8 Å². The number of carbonyl (C=O) groups excluding carboxylic acids is 1. The van der Waals surface area contributed by atoms with E-state index in [9.17, 15) is 4.79 Å². The van der Waals surface area contributed by atoms with Gasteiger partial charge in [-0.25, -0.2) is 0 Å². The summed E-state index contributed by atoms with van der Waals surface area (Å²) in [6, 6.07) is 3.67. The third kappa shape index (κ3) is 3.13. The highest BCUT2D eigenvalue weighted by Gasteiger charge is 2.30. The van der Waals surface area contributed by atoms with E-state index in [0.717, 1.165) is 27.2 Å². The zero-order chi connectivity index (χ0) is 14.0. The molecule has 1 aromatic rings. The first kappa shape index (κ1) is 14.8. The Morgan fingerprint density at radius 1 is 1.58 bits per heavy atom. The van der Waals surface area contributed by atoms with E-state index in [1.807, 2.05) is 26.0 Å². The van der Waals surface area contributed by atoms with Crippen LogP contribution in [0.25, 0.3) is 0 Å². The molecule has 0 spiro atoms. The molecule has 1 amide bonds. The van der Waals surface area contributed by atoms with Crippen LogP contribution in [0.3, 0.4) is 0 Å². The number of halogens is 1. The highest BCUT2D eigenvalue weighted by molar-refractivity contribution is 9.10. The number of amides is 1. The number of anilines is 1. The van der Waals surface area contributed by atoms with E-state index >= 15 is 0 Å². The van der Waals surface area contributed by atoms with Crippen molar-refractivity contribution in [1.29, 1.82) is 0 Å². The average molecular weight is 345 g/mol. The Morgan fingerprint density at radius 2 is 2.32 bits per heavy atom. The second-order valence-corrected chi connectivity index (χ2v) is 6.80. The number of hydrogen-bond donors (Lipinski definition) is 3. The summed E-state index contributed by atoms with van der Waals surface area (Å²) in [5.74, 6) is -0.0129. The van der Waals surface area contributed by atoms with E-state index < -0.39 is 0 Å². The molecule has 6 heteroatoms. The topological polar surface area (TPSA) is 61.4 Å². The normalized spacial score (nSPS) is 19.2. The maximum absolute atomic E-state index is 11.9. The maximum Gasteiger partial charge on any atom is 0.246 e. The van der Waals surface area contributed by atoms with Crippen molar-refractivity contribution in [2.75, 3.05) is 18.5 Å². The molecule has 1 aromatic carbocycles. The molecule has 0 aromatic heterocycles. The monoisotopic (exact) mass is 344 g/mol. The maximum atomic E-state index is 11.9. The van der Waals surface area contributed by atoms with E-state index in [1.165, 1.54) is 0 Å². The fourth-order valence-electron chi connectivity index (χ4n) is 2.01. The molecule has 4 nitrogen and oxygen atoms in total. The minimum atomic E-state index is -0.273. The van der Waals surface area contributed by atoms with Crippen LogP contribution in [0.1, 0.15) is 25.5 Å². The van der Waals surface area contributed by atoms with Gasteiger partial charge < -0.3 is 15.7 Å². The number of nitrogens with one attached hydrogen (secondary N) is 2. The van der Waals surface area contributed by atoms with Crippen molar-refractivity contribution in [1.82, 2.24) is 5.32 Å². The summed E-state index contributed by atoms with van der Waals surface area (Å²) < 4.78 is 0.955. The number of carbonyl (C=O) groups is 1. The first-order chi connectivity index (χ1) is 9.06. The molecule has 0 fully saturated rings. The molecule has 0 saturated carbocycles. The number of thioether (sulfide) groups is 1. The molecule has 19 heavy (non-hydrogen) atoms. The fraction of sp³-hybridized carbons (Fsp3) is 0.462. The Balaban J connectivity index is 2.30. The number of aliphatic hydroxyl groups is 1. The Bertz CT molecular complexity index is 496. The zero-order valence-corrected chi connectivity index (χ0v) is 13.3. The predicted octanol–water partition coefficient (Wildman–Crippen LogP) is 2.52. The van der Waals surface area contributed by atoms with Gasteiger partial charge in [-0.3, -0.25) is 4.79 Å². The lowest BCUT2D eigenvalue weighted by Gasteiger charge is -2.13. The summed E-state index contributed by atoms with van der Waals surface area (Å²) in [4.78, 5) is 12.9. The van der Waals surface area contributed by atoms with Crippen LogP contribution in [0.4, 0.5) is 5.69 Å². The van der Waals surface area contributed by atoms with Crippen molar-refractivity contribution in [3.05, 3.63) is 22.2 Å². The first-order valence-corrected chi connectivity index (χ1v) is 7.89. The van der Waals surface area contributed by atoms with Gasteiger partial charge in [0.15, 0.2) is 0 Å². The van der Waals surface area contributed by atoms with E-state index in [2.05, 4.69) is 26.6 Å². The predicted molar refractivity (Wildman–Crippen MR) is 81.6 cm³/mol.